The van der Waals surface area contributed by atoms with Crippen LogP contribution in [-0.2, 0) is 24.8 Å². The molecule has 0 bridgehead atoms. The van der Waals surface area contributed by atoms with Gasteiger partial charge in [0.2, 0.25) is 15.9 Å². The summed E-state index contributed by atoms with van der Waals surface area (Å²) >= 11 is 0. The van der Waals surface area contributed by atoms with Crippen molar-refractivity contribution in [3.8, 4) is 5.75 Å². The Morgan fingerprint density at radius 2 is 1.41 bits per heavy atom. The van der Waals surface area contributed by atoms with Crippen LogP contribution in [0.4, 0.5) is 11.4 Å². The topological polar surface area (TPSA) is 113 Å². The SMILES string of the molecule is CCOc1ccc(S(=O)(=O)N(CC(=O)Nc2ccc(S(=O)(=O)N3CCCCCC3)cc2)c2ccccc2)cc1. The number of benzene rings is 3. The lowest BCUT2D eigenvalue weighted by atomic mass is 10.2. The molecule has 0 radical (unpaired) electrons. The van der Waals surface area contributed by atoms with Gasteiger partial charge in [-0.2, -0.15) is 4.31 Å². The maximum atomic E-state index is 13.6. The lowest BCUT2D eigenvalue weighted by Crippen LogP contribution is -2.38. The van der Waals surface area contributed by atoms with Gasteiger partial charge >= 0.3 is 0 Å². The largest absolute Gasteiger partial charge is 0.494 e. The average Bonchev–Trinajstić information content (AvgIpc) is 3.23. The Hall–Kier alpha value is -3.41. The van der Waals surface area contributed by atoms with E-state index in [1.165, 1.54) is 40.7 Å². The molecule has 1 aliphatic rings. The summed E-state index contributed by atoms with van der Waals surface area (Å²) in [7, 11) is -7.70. The highest BCUT2D eigenvalue weighted by atomic mass is 32.2. The fourth-order valence-electron chi connectivity index (χ4n) is 4.38. The van der Waals surface area contributed by atoms with E-state index in [0.717, 1.165) is 30.0 Å². The summed E-state index contributed by atoms with van der Waals surface area (Å²) in [5, 5.41) is 2.69. The quantitative estimate of drug-likeness (QED) is 0.384. The molecule has 1 amide bonds. The third-order valence-corrected chi connectivity index (χ3v) is 10.1. The van der Waals surface area contributed by atoms with Crippen LogP contribution in [-0.4, -0.2) is 53.3 Å². The third kappa shape index (κ3) is 6.97. The van der Waals surface area contributed by atoms with Gasteiger partial charge in [0.1, 0.15) is 12.3 Å². The molecule has 1 saturated heterocycles. The minimum absolute atomic E-state index is 0.0191. The molecule has 208 valence electrons. The summed E-state index contributed by atoms with van der Waals surface area (Å²) in [6, 6.07) is 20.3. The monoisotopic (exact) mass is 571 g/mol. The summed E-state index contributed by atoms with van der Waals surface area (Å²) in [5.74, 6) is -0.0294. The highest BCUT2D eigenvalue weighted by Gasteiger charge is 2.28. The lowest BCUT2D eigenvalue weighted by molar-refractivity contribution is -0.114. The molecule has 3 aromatic rings. The molecule has 1 heterocycles. The second-order valence-corrected chi connectivity index (χ2v) is 12.9. The first-order chi connectivity index (χ1) is 18.7. The predicted octanol–water partition coefficient (Wildman–Crippen LogP) is 4.48. The van der Waals surface area contributed by atoms with Crippen molar-refractivity contribution in [2.75, 3.05) is 35.9 Å². The zero-order chi connectivity index (χ0) is 27.9. The highest BCUT2D eigenvalue weighted by Crippen LogP contribution is 2.26. The van der Waals surface area contributed by atoms with Gasteiger partial charge in [-0.25, -0.2) is 16.8 Å². The van der Waals surface area contributed by atoms with Gasteiger partial charge in [0.15, 0.2) is 0 Å². The van der Waals surface area contributed by atoms with Gasteiger partial charge in [0.25, 0.3) is 10.0 Å². The number of carbonyl (C=O) groups excluding carboxylic acids is 1. The van der Waals surface area contributed by atoms with E-state index in [9.17, 15) is 21.6 Å². The molecule has 0 aliphatic carbocycles. The van der Waals surface area contributed by atoms with E-state index in [-0.39, 0.29) is 9.79 Å². The first-order valence-corrected chi connectivity index (χ1v) is 15.8. The second kappa shape index (κ2) is 12.6. The Bertz CT molecular complexity index is 1450. The van der Waals surface area contributed by atoms with Crippen molar-refractivity contribution in [3.05, 3.63) is 78.9 Å². The van der Waals surface area contributed by atoms with Gasteiger partial charge in [0.05, 0.1) is 22.1 Å². The fourth-order valence-corrected chi connectivity index (χ4v) is 7.32. The molecule has 4 rings (SSSR count). The molecule has 9 nitrogen and oxygen atoms in total. The number of hydrogen-bond acceptors (Lipinski definition) is 6. The van der Waals surface area contributed by atoms with Crippen molar-refractivity contribution in [2.45, 2.75) is 42.4 Å². The van der Waals surface area contributed by atoms with E-state index in [0.29, 0.717) is 36.8 Å². The van der Waals surface area contributed by atoms with Crippen LogP contribution in [0, 0.1) is 0 Å². The lowest BCUT2D eigenvalue weighted by Gasteiger charge is -2.24. The molecule has 11 heteroatoms. The standard InChI is InChI=1S/C28H33N3O6S2/c1-2-37-25-14-18-27(19-15-25)39(35,36)31(24-10-6-5-7-11-24)22-28(32)29-23-12-16-26(17-13-23)38(33,34)30-20-8-3-4-9-21-30/h5-7,10-19H,2-4,8-9,20-22H2,1H3,(H,29,32). The van der Waals surface area contributed by atoms with E-state index in [1.807, 2.05) is 6.92 Å². The van der Waals surface area contributed by atoms with Gasteiger partial charge in [-0.1, -0.05) is 31.0 Å². The molecular weight excluding hydrogens is 538 g/mol. The number of para-hydroxylation sites is 1. The summed E-state index contributed by atoms with van der Waals surface area (Å²) in [4.78, 5) is 13.2. The summed E-state index contributed by atoms with van der Waals surface area (Å²) in [6.45, 7) is 2.81. The number of carbonyl (C=O) groups is 1. The Kier molecular flexibility index (Phi) is 9.26. The van der Waals surface area contributed by atoms with Gasteiger partial charge in [-0.15, -0.1) is 0 Å². The maximum absolute atomic E-state index is 13.6. The Balaban J connectivity index is 1.51. The van der Waals surface area contributed by atoms with Crippen LogP contribution in [0.2, 0.25) is 0 Å². The number of sulfonamides is 2. The van der Waals surface area contributed by atoms with E-state index >= 15 is 0 Å². The second-order valence-electron chi connectivity index (χ2n) is 9.14. The molecule has 1 N–H and O–H groups in total. The summed E-state index contributed by atoms with van der Waals surface area (Å²) < 4.78 is 61.1. The van der Waals surface area contributed by atoms with Crippen molar-refractivity contribution in [3.63, 3.8) is 0 Å². The molecule has 0 saturated carbocycles. The minimum Gasteiger partial charge on any atom is -0.494 e. The minimum atomic E-state index is -4.08. The molecule has 0 aromatic heterocycles. The van der Waals surface area contributed by atoms with Crippen LogP contribution in [0.3, 0.4) is 0 Å². The first kappa shape index (κ1) is 28.6. The normalized spacial score (nSPS) is 14.8. The van der Waals surface area contributed by atoms with Crippen molar-refractivity contribution in [1.29, 1.82) is 0 Å². The molecular formula is C28H33N3O6S2. The van der Waals surface area contributed by atoms with Gasteiger partial charge < -0.3 is 10.1 Å². The third-order valence-electron chi connectivity index (χ3n) is 6.40. The number of nitrogens with one attached hydrogen (secondary N) is 1. The van der Waals surface area contributed by atoms with Crippen LogP contribution in [0.15, 0.2) is 88.7 Å². The van der Waals surface area contributed by atoms with Gasteiger partial charge in [-0.05, 0) is 80.4 Å². The van der Waals surface area contributed by atoms with Crippen LogP contribution in [0.1, 0.15) is 32.6 Å². The molecule has 1 aliphatic heterocycles. The molecule has 0 atom stereocenters. The van der Waals surface area contributed by atoms with Crippen molar-refractivity contribution in [1.82, 2.24) is 4.31 Å². The predicted molar refractivity (Wildman–Crippen MR) is 151 cm³/mol. The zero-order valence-corrected chi connectivity index (χ0v) is 23.5. The fraction of sp³-hybridized carbons (Fsp3) is 0.321. The Labute approximate surface area is 230 Å². The molecule has 39 heavy (non-hydrogen) atoms. The van der Waals surface area contributed by atoms with E-state index in [2.05, 4.69) is 5.32 Å². The Morgan fingerprint density at radius 3 is 2.00 bits per heavy atom. The van der Waals surface area contributed by atoms with Crippen LogP contribution < -0.4 is 14.4 Å². The van der Waals surface area contributed by atoms with Crippen molar-refractivity contribution < 1.29 is 26.4 Å². The van der Waals surface area contributed by atoms with Gasteiger partial charge in [0, 0.05) is 18.8 Å². The summed E-state index contributed by atoms with van der Waals surface area (Å²) in [6.07, 6.45) is 3.71. The number of ether oxygens (including phenoxy) is 1. The zero-order valence-electron chi connectivity index (χ0n) is 21.8. The number of rotatable bonds is 10. The molecule has 0 spiro atoms. The number of amides is 1. The molecule has 0 unspecified atom stereocenters. The number of nitrogens with zero attached hydrogens (tertiary/aromatic N) is 2. The van der Waals surface area contributed by atoms with Crippen molar-refractivity contribution in [2.24, 2.45) is 0 Å². The number of anilines is 2. The van der Waals surface area contributed by atoms with Crippen LogP contribution in [0.5, 0.6) is 5.75 Å². The number of hydrogen-bond donors (Lipinski definition) is 1. The van der Waals surface area contributed by atoms with E-state index < -0.39 is 32.5 Å². The highest BCUT2D eigenvalue weighted by molar-refractivity contribution is 7.92. The summed E-state index contributed by atoms with van der Waals surface area (Å²) in [5.41, 5.74) is 0.696. The first-order valence-electron chi connectivity index (χ1n) is 12.9. The smallest absolute Gasteiger partial charge is 0.264 e. The van der Waals surface area contributed by atoms with E-state index in [4.69, 9.17) is 4.74 Å². The Morgan fingerprint density at radius 1 is 0.821 bits per heavy atom. The van der Waals surface area contributed by atoms with Crippen LogP contribution in [0.25, 0.3) is 0 Å². The maximum Gasteiger partial charge on any atom is 0.264 e. The van der Waals surface area contributed by atoms with Crippen molar-refractivity contribution >= 4 is 37.3 Å². The van der Waals surface area contributed by atoms with Gasteiger partial charge in [-0.3, -0.25) is 9.10 Å². The molecule has 1 fully saturated rings. The molecule has 3 aromatic carbocycles. The van der Waals surface area contributed by atoms with Crippen LogP contribution >= 0.6 is 0 Å². The average molecular weight is 572 g/mol. The van der Waals surface area contributed by atoms with E-state index in [1.54, 1.807) is 42.5 Å².